The second kappa shape index (κ2) is 4.22. The Morgan fingerprint density at radius 2 is 2.25 bits per heavy atom. The van der Waals surface area contributed by atoms with Crippen LogP contribution in [0.2, 0.25) is 0 Å². The van der Waals surface area contributed by atoms with Crippen LogP contribution in [0.25, 0.3) is 0 Å². The normalized spacial score (nSPS) is 13.5. The predicted octanol–water partition coefficient (Wildman–Crippen LogP) is -0.435. The number of hydrogen-bond acceptors (Lipinski definition) is 3. The lowest BCUT2D eigenvalue weighted by molar-refractivity contribution is -0.116. The molecule has 0 saturated heterocycles. The zero-order valence-corrected chi connectivity index (χ0v) is 7.47. The minimum absolute atomic E-state index is 0.121. The van der Waals surface area contributed by atoms with Crippen LogP contribution in [0.3, 0.4) is 0 Å². The summed E-state index contributed by atoms with van der Waals surface area (Å²) in [5.74, 6) is -0.467. The summed E-state index contributed by atoms with van der Waals surface area (Å²) >= 11 is 0. The smallest absolute Gasteiger partial charge is 0.269 e. The van der Waals surface area contributed by atoms with Crippen LogP contribution >= 0.6 is 0 Å². The van der Waals surface area contributed by atoms with Gasteiger partial charge in [-0.1, -0.05) is 6.58 Å². The van der Waals surface area contributed by atoms with Crippen molar-refractivity contribution in [1.29, 1.82) is 0 Å². The van der Waals surface area contributed by atoms with E-state index in [9.17, 15) is 13.2 Å². The molecule has 0 spiro atoms. The monoisotopic (exact) mass is 193 g/mol. The fourth-order valence-corrected chi connectivity index (χ4v) is 0.716. The number of rotatable bonds is 4. The van der Waals surface area contributed by atoms with E-state index in [0.29, 0.717) is 0 Å². The highest BCUT2D eigenvalue weighted by Crippen LogP contribution is 1.94. The van der Waals surface area contributed by atoms with Gasteiger partial charge in [0.2, 0.25) is 5.91 Å². The minimum atomic E-state index is -4.06. The van der Waals surface area contributed by atoms with Crippen molar-refractivity contribution in [2.24, 2.45) is 0 Å². The molecule has 0 rings (SSSR count). The third kappa shape index (κ3) is 4.09. The lowest BCUT2D eigenvalue weighted by atomic mass is 10.4. The van der Waals surface area contributed by atoms with Crippen molar-refractivity contribution < 1.29 is 17.8 Å². The highest BCUT2D eigenvalue weighted by Gasteiger charge is 2.16. The lowest BCUT2D eigenvalue weighted by Crippen LogP contribution is -2.33. The number of amides is 1. The van der Waals surface area contributed by atoms with E-state index in [4.69, 9.17) is 4.55 Å². The van der Waals surface area contributed by atoms with Gasteiger partial charge in [-0.15, -0.1) is 0 Å². The molecule has 0 bridgehead atoms. The van der Waals surface area contributed by atoms with E-state index in [1.165, 1.54) is 6.92 Å². The van der Waals surface area contributed by atoms with Crippen molar-refractivity contribution in [3.63, 3.8) is 0 Å². The van der Waals surface area contributed by atoms with Crippen molar-refractivity contribution in [2.45, 2.75) is 12.2 Å². The van der Waals surface area contributed by atoms with Crippen molar-refractivity contribution in [3.8, 4) is 0 Å². The summed E-state index contributed by atoms with van der Waals surface area (Å²) in [4.78, 5) is 10.5. The Morgan fingerprint density at radius 1 is 1.75 bits per heavy atom. The van der Waals surface area contributed by atoms with E-state index >= 15 is 0 Å². The highest BCUT2D eigenvalue weighted by molar-refractivity contribution is 7.86. The first-order valence-corrected chi connectivity index (χ1v) is 4.75. The summed E-state index contributed by atoms with van der Waals surface area (Å²) in [6, 6.07) is 0. The van der Waals surface area contributed by atoms with E-state index in [-0.39, 0.29) is 6.54 Å². The van der Waals surface area contributed by atoms with E-state index in [0.717, 1.165) is 6.08 Å². The molecule has 1 amide bonds. The van der Waals surface area contributed by atoms with E-state index in [2.05, 4.69) is 11.9 Å². The SMILES string of the molecule is C=CC(=O)NCC(C)S(=O)(=O)O. The van der Waals surface area contributed by atoms with Crippen LogP contribution in [0.5, 0.6) is 0 Å². The molecule has 1 atom stereocenters. The average Bonchev–Trinajstić information content (AvgIpc) is 1.97. The standard InChI is InChI=1S/C6H11NO4S/c1-3-6(8)7-4-5(2)12(9,10)11/h3,5H,1,4H2,2H3,(H,7,8)(H,9,10,11). The summed E-state index contributed by atoms with van der Waals surface area (Å²) in [6.45, 7) is 4.35. The van der Waals surface area contributed by atoms with Crippen molar-refractivity contribution >= 4 is 16.0 Å². The van der Waals surface area contributed by atoms with E-state index in [1.807, 2.05) is 0 Å². The molecule has 12 heavy (non-hydrogen) atoms. The van der Waals surface area contributed by atoms with Gasteiger partial charge in [0.15, 0.2) is 0 Å². The molecule has 5 nitrogen and oxygen atoms in total. The van der Waals surface area contributed by atoms with Crippen LogP contribution in [0, 0.1) is 0 Å². The van der Waals surface area contributed by atoms with Gasteiger partial charge in [-0.3, -0.25) is 9.35 Å². The van der Waals surface area contributed by atoms with Crippen molar-refractivity contribution in [3.05, 3.63) is 12.7 Å². The highest BCUT2D eigenvalue weighted by atomic mass is 32.2. The summed E-state index contributed by atoms with van der Waals surface area (Å²) < 4.78 is 29.3. The van der Waals surface area contributed by atoms with Gasteiger partial charge in [-0.05, 0) is 13.0 Å². The third-order valence-electron chi connectivity index (χ3n) is 1.26. The second-order valence-corrected chi connectivity index (χ2v) is 4.11. The molecule has 0 aliphatic rings. The molecule has 0 aliphatic carbocycles. The van der Waals surface area contributed by atoms with Crippen molar-refractivity contribution in [1.82, 2.24) is 5.32 Å². The molecule has 0 aromatic heterocycles. The number of carbonyl (C=O) groups is 1. The zero-order chi connectivity index (χ0) is 9.78. The van der Waals surface area contributed by atoms with Crippen LogP contribution in [-0.2, 0) is 14.9 Å². The molecule has 0 aromatic rings. The van der Waals surface area contributed by atoms with Gasteiger partial charge < -0.3 is 5.32 Å². The molecular formula is C6H11NO4S. The Bertz CT molecular complexity index is 269. The Labute approximate surface area is 71.2 Å². The topological polar surface area (TPSA) is 83.5 Å². The Kier molecular flexibility index (Phi) is 3.91. The van der Waals surface area contributed by atoms with Gasteiger partial charge in [0.1, 0.15) is 5.25 Å². The second-order valence-electron chi connectivity index (χ2n) is 2.27. The number of nitrogens with one attached hydrogen (secondary N) is 1. The fraction of sp³-hybridized carbons (Fsp3) is 0.500. The molecule has 70 valence electrons. The summed E-state index contributed by atoms with van der Waals surface area (Å²) in [7, 11) is -4.06. The first-order chi connectivity index (χ1) is 5.38. The lowest BCUT2D eigenvalue weighted by Gasteiger charge is -2.07. The third-order valence-corrected chi connectivity index (χ3v) is 2.44. The summed E-state index contributed by atoms with van der Waals surface area (Å²) in [5.41, 5.74) is 0. The number of carbonyl (C=O) groups excluding carboxylic acids is 1. The van der Waals surface area contributed by atoms with Crippen LogP contribution in [0.15, 0.2) is 12.7 Å². The average molecular weight is 193 g/mol. The van der Waals surface area contributed by atoms with Crippen LogP contribution in [-0.4, -0.2) is 30.7 Å². The largest absolute Gasteiger partial charge is 0.351 e. The number of hydrogen-bond donors (Lipinski definition) is 2. The first kappa shape index (κ1) is 11.1. The maximum absolute atomic E-state index is 10.5. The Morgan fingerprint density at radius 3 is 2.58 bits per heavy atom. The molecule has 0 radical (unpaired) electrons. The molecule has 0 fully saturated rings. The van der Waals surface area contributed by atoms with Crippen LogP contribution in [0.4, 0.5) is 0 Å². The Balaban J connectivity index is 3.96. The van der Waals surface area contributed by atoms with Crippen LogP contribution in [0.1, 0.15) is 6.92 Å². The zero-order valence-electron chi connectivity index (χ0n) is 6.65. The van der Waals surface area contributed by atoms with Gasteiger partial charge >= 0.3 is 0 Å². The predicted molar refractivity (Wildman–Crippen MR) is 44.2 cm³/mol. The molecule has 0 saturated carbocycles. The minimum Gasteiger partial charge on any atom is -0.351 e. The molecule has 0 aliphatic heterocycles. The van der Waals surface area contributed by atoms with Gasteiger partial charge in [0, 0.05) is 6.54 Å². The molecule has 6 heteroatoms. The molecular weight excluding hydrogens is 182 g/mol. The van der Waals surface area contributed by atoms with Gasteiger partial charge in [-0.25, -0.2) is 0 Å². The Hall–Kier alpha value is -0.880. The van der Waals surface area contributed by atoms with Gasteiger partial charge in [0.25, 0.3) is 10.1 Å². The molecule has 2 N–H and O–H groups in total. The molecule has 0 aromatic carbocycles. The summed E-state index contributed by atoms with van der Waals surface area (Å²) in [6.07, 6.45) is 1.02. The van der Waals surface area contributed by atoms with Gasteiger partial charge in [0.05, 0.1) is 0 Å². The summed E-state index contributed by atoms with van der Waals surface area (Å²) in [5, 5.41) is 1.24. The van der Waals surface area contributed by atoms with E-state index in [1.54, 1.807) is 0 Å². The maximum Gasteiger partial charge on any atom is 0.269 e. The molecule has 1 unspecified atom stereocenters. The quantitative estimate of drug-likeness (QED) is 0.468. The fourth-order valence-electron chi connectivity index (χ4n) is 0.422. The van der Waals surface area contributed by atoms with Crippen molar-refractivity contribution in [2.75, 3.05) is 6.54 Å². The van der Waals surface area contributed by atoms with Crippen LogP contribution < -0.4 is 5.32 Å². The maximum atomic E-state index is 10.5. The first-order valence-electron chi connectivity index (χ1n) is 3.24. The van der Waals surface area contributed by atoms with E-state index < -0.39 is 21.3 Å². The molecule has 0 heterocycles. The van der Waals surface area contributed by atoms with Gasteiger partial charge in [-0.2, -0.15) is 8.42 Å².